The first-order valence-electron chi connectivity index (χ1n) is 11.7. The first-order valence-corrected chi connectivity index (χ1v) is 11.7. The van der Waals surface area contributed by atoms with E-state index in [0.717, 1.165) is 55.1 Å². The number of carbonyl (C=O) groups excluding carboxylic acids is 1. The number of carbonyl (C=O) groups is 1. The van der Waals surface area contributed by atoms with Gasteiger partial charge < -0.3 is 21.4 Å². The van der Waals surface area contributed by atoms with Crippen molar-refractivity contribution in [3.05, 3.63) is 59.4 Å². The molecular weight excluding hydrogens is 428 g/mol. The fourth-order valence-corrected chi connectivity index (χ4v) is 4.22. The molecule has 1 saturated heterocycles. The highest BCUT2D eigenvalue weighted by atomic mass is 16.1. The van der Waals surface area contributed by atoms with E-state index in [4.69, 9.17) is 11.6 Å². The molecule has 3 heterocycles. The van der Waals surface area contributed by atoms with Gasteiger partial charge in [-0.25, -0.2) is 0 Å². The van der Waals surface area contributed by atoms with Crippen molar-refractivity contribution < 1.29 is 4.79 Å². The number of pyridine rings is 1. The third kappa shape index (κ3) is 5.87. The second-order valence-electron chi connectivity index (χ2n) is 9.06. The molecule has 6 N–H and O–H groups in total. The van der Waals surface area contributed by atoms with Gasteiger partial charge in [0.25, 0.3) is 0 Å². The topological polar surface area (TPSA) is 125 Å². The van der Waals surface area contributed by atoms with Gasteiger partial charge in [-0.05, 0) is 54.9 Å². The van der Waals surface area contributed by atoms with Gasteiger partial charge in [0.15, 0.2) is 0 Å². The van der Waals surface area contributed by atoms with Crippen LogP contribution < -0.4 is 22.3 Å². The van der Waals surface area contributed by atoms with Crippen molar-refractivity contribution in [1.82, 2.24) is 14.8 Å². The number of nitrogens with zero attached hydrogens (tertiary/aromatic N) is 4. The summed E-state index contributed by atoms with van der Waals surface area (Å²) in [5, 5.41) is 2.98. The molecule has 2 aliphatic rings. The molecule has 1 aromatic carbocycles. The van der Waals surface area contributed by atoms with Crippen LogP contribution in [0.15, 0.2) is 47.6 Å². The summed E-state index contributed by atoms with van der Waals surface area (Å²) in [5.74, 6) is 5.16. The predicted molar refractivity (Wildman–Crippen MR) is 138 cm³/mol. The molecule has 34 heavy (non-hydrogen) atoms. The third-order valence-corrected chi connectivity index (χ3v) is 6.41. The Morgan fingerprint density at radius 2 is 2.00 bits per heavy atom. The number of hydrogen-bond acceptors (Lipinski definition) is 8. The number of hydrogen-bond donors (Lipinski definition) is 4. The maximum atomic E-state index is 13.1. The zero-order valence-electron chi connectivity index (χ0n) is 19.9. The Labute approximate surface area is 200 Å². The molecule has 2 aromatic rings. The average molecular weight is 463 g/mol. The van der Waals surface area contributed by atoms with E-state index in [1.807, 2.05) is 49.5 Å². The van der Waals surface area contributed by atoms with E-state index in [1.54, 1.807) is 6.20 Å². The minimum absolute atomic E-state index is 0.108. The molecule has 2 atom stereocenters. The molecule has 0 aliphatic carbocycles. The molecule has 1 amide bonds. The molecule has 0 radical (unpaired) electrons. The lowest BCUT2D eigenvalue weighted by atomic mass is 9.93. The summed E-state index contributed by atoms with van der Waals surface area (Å²) >= 11 is 0. The second-order valence-corrected chi connectivity index (χ2v) is 9.06. The number of benzene rings is 1. The zero-order chi connectivity index (χ0) is 24.1. The minimum atomic E-state index is -0.439. The molecule has 2 unspecified atom stereocenters. The van der Waals surface area contributed by atoms with Crippen LogP contribution in [0, 0.1) is 0 Å². The van der Waals surface area contributed by atoms with Gasteiger partial charge in [-0.2, -0.15) is 0 Å². The molecule has 180 valence electrons. The number of rotatable bonds is 7. The summed E-state index contributed by atoms with van der Waals surface area (Å²) in [6.45, 7) is 7.49. The summed E-state index contributed by atoms with van der Waals surface area (Å²) in [6, 6.07) is 9.56. The number of dihydropyridines is 1. The van der Waals surface area contributed by atoms with Crippen molar-refractivity contribution in [1.29, 1.82) is 0 Å². The molecule has 2 aliphatic heterocycles. The molecule has 0 bridgehead atoms. The Kier molecular flexibility index (Phi) is 7.69. The van der Waals surface area contributed by atoms with E-state index in [0.29, 0.717) is 17.9 Å². The Balaban J connectivity index is 1.43. The molecule has 0 saturated carbocycles. The number of likely N-dealkylation sites (N-methyl/N-ethyl adjacent to an activating group) is 1. The smallest absolute Gasteiger partial charge is 0.231 e. The number of nitrogens with one attached hydrogen (secondary N) is 2. The number of piperazine rings is 1. The Hall–Kier alpha value is -3.11. The number of hydrazine groups is 1. The van der Waals surface area contributed by atoms with Gasteiger partial charge in [0, 0.05) is 45.0 Å². The van der Waals surface area contributed by atoms with Crippen molar-refractivity contribution in [3.63, 3.8) is 0 Å². The number of aromatic nitrogens is 1. The molecule has 1 aromatic heterocycles. The monoisotopic (exact) mass is 462 g/mol. The maximum Gasteiger partial charge on any atom is 0.231 e. The van der Waals surface area contributed by atoms with E-state index in [1.165, 1.54) is 0 Å². The van der Waals surface area contributed by atoms with Crippen molar-refractivity contribution in [3.8, 4) is 0 Å². The number of aliphatic imine (C=N–C) groups is 1. The standard InChI is InChI=1S/C25H34N8O/c1-17(23-12-18(3-6-24(23)31-27)19-11-20(26)14-28-13-19)25(34)30-21-4-5-22(29-15-21)16-33-9-7-32(2)8-10-33/h3-6,11-13,15,17,20,31H,7-10,14,16,26-27H2,1-2H3,(H,30,34). The fourth-order valence-electron chi connectivity index (χ4n) is 4.22. The van der Waals surface area contributed by atoms with Gasteiger partial charge in [-0.1, -0.05) is 12.1 Å². The highest BCUT2D eigenvalue weighted by molar-refractivity contribution is 6.11. The second kappa shape index (κ2) is 10.9. The summed E-state index contributed by atoms with van der Waals surface area (Å²) in [5.41, 5.74) is 13.8. The fraction of sp³-hybridized carbons (Fsp3) is 0.400. The van der Waals surface area contributed by atoms with Crippen LogP contribution in [0.4, 0.5) is 11.4 Å². The number of nitrogens with two attached hydrogens (primary N) is 2. The SMILES string of the molecule is CC(C(=O)Nc1ccc(CN2CCN(C)CC2)nc1)c1cc(C2=CC(N)CN=C2)ccc1NN. The Bertz CT molecular complexity index is 1060. The van der Waals surface area contributed by atoms with Gasteiger partial charge in [0.05, 0.1) is 35.7 Å². The normalized spacial score (nSPS) is 20.0. The van der Waals surface area contributed by atoms with E-state index in [-0.39, 0.29) is 11.9 Å². The van der Waals surface area contributed by atoms with Crippen LogP contribution in [-0.4, -0.2) is 72.7 Å². The van der Waals surface area contributed by atoms with Crippen LogP contribution in [0.2, 0.25) is 0 Å². The average Bonchev–Trinajstić information content (AvgIpc) is 2.85. The van der Waals surface area contributed by atoms with Crippen molar-refractivity contribution in [2.24, 2.45) is 16.6 Å². The van der Waals surface area contributed by atoms with Gasteiger partial charge >= 0.3 is 0 Å². The number of nitrogen functional groups attached to an aromatic ring is 1. The Morgan fingerprint density at radius 3 is 2.68 bits per heavy atom. The van der Waals surface area contributed by atoms with E-state index in [2.05, 4.69) is 37.6 Å². The zero-order valence-corrected chi connectivity index (χ0v) is 19.9. The quantitative estimate of drug-likeness (QED) is 0.364. The summed E-state index contributed by atoms with van der Waals surface area (Å²) in [6.07, 6.45) is 5.53. The highest BCUT2D eigenvalue weighted by Gasteiger charge is 2.21. The largest absolute Gasteiger partial charge is 0.324 e. The van der Waals surface area contributed by atoms with Crippen LogP contribution in [0.25, 0.3) is 5.57 Å². The molecule has 4 rings (SSSR count). The lowest BCUT2D eigenvalue weighted by Crippen LogP contribution is -2.43. The number of allylic oxidation sites excluding steroid dienone is 1. The first-order chi connectivity index (χ1) is 16.4. The molecule has 1 fully saturated rings. The third-order valence-electron chi connectivity index (χ3n) is 6.41. The van der Waals surface area contributed by atoms with Gasteiger partial charge in [-0.3, -0.25) is 25.5 Å². The molecule has 9 nitrogen and oxygen atoms in total. The predicted octanol–water partition coefficient (Wildman–Crippen LogP) is 1.65. The van der Waals surface area contributed by atoms with E-state index >= 15 is 0 Å². The summed E-state index contributed by atoms with van der Waals surface area (Å²) in [4.78, 5) is 26.7. The van der Waals surface area contributed by atoms with Crippen LogP contribution in [0.5, 0.6) is 0 Å². The maximum absolute atomic E-state index is 13.1. The Morgan fingerprint density at radius 1 is 1.21 bits per heavy atom. The van der Waals surface area contributed by atoms with Crippen LogP contribution >= 0.6 is 0 Å². The lowest BCUT2D eigenvalue weighted by Gasteiger charge is -2.32. The van der Waals surface area contributed by atoms with Gasteiger partial charge in [0.1, 0.15) is 0 Å². The lowest BCUT2D eigenvalue weighted by molar-refractivity contribution is -0.117. The number of anilines is 2. The van der Waals surface area contributed by atoms with Crippen molar-refractivity contribution in [2.45, 2.75) is 25.4 Å². The van der Waals surface area contributed by atoms with Crippen LogP contribution in [-0.2, 0) is 11.3 Å². The van der Waals surface area contributed by atoms with E-state index in [9.17, 15) is 4.79 Å². The van der Waals surface area contributed by atoms with Crippen molar-refractivity contribution >= 4 is 29.1 Å². The first kappa shape index (κ1) is 24.0. The number of amides is 1. The van der Waals surface area contributed by atoms with Gasteiger partial charge in [0.2, 0.25) is 5.91 Å². The molecule has 9 heteroatoms. The van der Waals surface area contributed by atoms with Gasteiger partial charge in [-0.15, -0.1) is 0 Å². The van der Waals surface area contributed by atoms with Crippen molar-refractivity contribution in [2.75, 3.05) is 50.5 Å². The summed E-state index contributed by atoms with van der Waals surface area (Å²) < 4.78 is 0. The van der Waals surface area contributed by atoms with Crippen LogP contribution in [0.3, 0.4) is 0 Å². The van der Waals surface area contributed by atoms with E-state index < -0.39 is 5.92 Å². The molecule has 0 spiro atoms. The minimum Gasteiger partial charge on any atom is -0.324 e. The molecular formula is C25H34N8O. The highest BCUT2D eigenvalue weighted by Crippen LogP contribution is 2.29. The van der Waals surface area contributed by atoms with Crippen LogP contribution in [0.1, 0.15) is 29.7 Å². The summed E-state index contributed by atoms with van der Waals surface area (Å²) in [7, 11) is 2.15.